The molecule has 1 atom stereocenters. The zero-order valence-electron chi connectivity index (χ0n) is 11.4. The van der Waals surface area contributed by atoms with Gasteiger partial charge in [-0.3, -0.25) is 0 Å². The van der Waals surface area contributed by atoms with Gasteiger partial charge in [-0.05, 0) is 24.5 Å². The third-order valence-corrected chi connectivity index (χ3v) is 2.83. The molecule has 0 spiro atoms. The summed E-state index contributed by atoms with van der Waals surface area (Å²) in [5.74, 6) is -0.270. The molecule has 0 bridgehead atoms. The molecule has 0 aromatic heterocycles. The number of benzene rings is 1. The minimum Gasteiger partial charge on any atom is -0.467 e. The van der Waals surface area contributed by atoms with Gasteiger partial charge in [0.2, 0.25) is 0 Å². The van der Waals surface area contributed by atoms with Crippen LogP contribution in [0.4, 0.5) is 5.69 Å². The molecule has 0 aliphatic rings. The molecule has 0 radical (unpaired) electrons. The van der Waals surface area contributed by atoms with Gasteiger partial charge in [0.15, 0.2) is 5.60 Å². The lowest BCUT2D eigenvalue weighted by Crippen LogP contribution is -2.42. The first-order chi connectivity index (χ1) is 8.38. The van der Waals surface area contributed by atoms with E-state index in [2.05, 4.69) is 23.9 Å². The smallest absolute Gasteiger partial charge is 0.339 e. The number of nitrogens with one attached hydrogen (secondary N) is 1. The normalized spacial score (nSPS) is 14.1. The van der Waals surface area contributed by atoms with E-state index in [1.807, 2.05) is 24.3 Å². The van der Waals surface area contributed by atoms with Gasteiger partial charge in [0, 0.05) is 5.69 Å². The summed E-state index contributed by atoms with van der Waals surface area (Å²) in [6.45, 7) is 5.74. The fourth-order valence-electron chi connectivity index (χ4n) is 1.72. The van der Waals surface area contributed by atoms with E-state index in [0.29, 0.717) is 5.92 Å². The van der Waals surface area contributed by atoms with Gasteiger partial charge in [-0.2, -0.15) is 0 Å². The topological polar surface area (TPSA) is 58.6 Å². The van der Waals surface area contributed by atoms with Crippen LogP contribution >= 0.6 is 0 Å². The van der Waals surface area contributed by atoms with E-state index in [0.717, 1.165) is 11.3 Å². The largest absolute Gasteiger partial charge is 0.467 e. The molecule has 2 N–H and O–H groups in total. The lowest BCUT2D eigenvalue weighted by atomic mass is 10.0. The first-order valence-electron chi connectivity index (χ1n) is 6.02. The average Bonchev–Trinajstić information content (AvgIpc) is 2.35. The number of anilines is 1. The van der Waals surface area contributed by atoms with E-state index < -0.39 is 11.6 Å². The average molecular weight is 251 g/mol. The zero-order chi connectivity index (χ0) is 13.8. The number of rotatable bonds is 5. The minimum atomic E-state index is -1.53. The Morgan fingerprint density at radius 3 is 2.61 bits per heavy atom. The van der Waals surface area contributed by atoms with Crippen LogP contribution in [-0.4, -0.2) is 30.3 Å². The fraction of sp³-hybridized carbons (Fsp3) is 0.500. The summed E-state index contributed by atoms with van der Waals surface area (Å²) in [6.07, 6.45) is 0. The number of esters is 1. The molecule has 0 saturated heterocycles. The number of carbonyl (C=O) groups excluding carboxylic acids is 1. The second kappa shape index (κ2) is 5.87. The highest BCUT2D eigenvalue weighted by molar-refractivity contribution is 5.79. The molecular weight excluding hydrogens is 230 g/mol. The van der Waals surface area contributed by atoms with Crippen LogP contribution < -0.4 is 5.32 Å². The molecule has 0 aliphatic heterocycles. The van der Waals surface area contributed by atoms with E-state index in [1.54, 1.807) is 0 Å². The zero-order valence-corrected chi connectivity index (χ0v) is 11.4. The Bertz CT molecular complexity index is 413. The molecule has 1 aromatic carbocycles. The SMILES string of the molecule is COC(=O)C(C)(O)CNc1ccccc1C(C)C. The third-order valence-electron chi connectivity index (χ3n) is 2.83. The van der Waals surface area contributed by atoms with Gasteiger partial charge in [-0.1, -0.05) is 32.0 Å². The van der Waals surface area contributed by atoms with Crippen LogP contribution in [0.2, 0.25) is 0 Å². The Labute approximate surface area is 108 Å². The predicted octanol–water partition coefficient (Wildman–Crippen LogP) is 2.15. The van der Waals surface area contributed by atoms with Crippen molar-refractivity contribution in [3.8, 4) is 0 Å². The molecule has 100 valence electrons. The molecule has 1 aromatic rings. The van der Waals surface area contributed by atoms with Gasteiger partial charge in [-0.15, -0.1) is 0 Å². The highest BCUT2D eigenvalue weighted by atomic mass is 16.5. The van der Waals surface area contributed by atoms with Gasteiger partial charge in [0.25, 0.3) is 0 Å². The Morgan fingerprint density at radius 1 is 1.44 bits per heavy atom. The minimum absolute atomic E-state index is 0.114. The second-order valence-electron chi connectivity index (χ2n) is 4.86. The first kappa shape index (κ1) is 14.5. The highest BCUT2D eigenvalue weighted by Crippen LogP contribution is 2.24. The van der Waals surface area contributed by atoms with Crippen LogP contribution in [0.5, 0.6) is 0 Å². The maximum atomic E-state index is 11.4. The number of carbonyl (C=O) groups is 1. The second-order valence-corrected chi connectivity index (χ2v) is 4.86. The molecule has 0 saturated carbocycles. The quantitative estimate of drug-likeness (QED) is 0.787. The van der Waals surface area contributed by atoms with E-state index >= 15 is 0 Å². The van der Waals surface area contributed by atoms with Crippen LogP contribution in [0.25, 0.3) is 0 Å². The summed E-state index contributed by atoms with van der Waals surface area (Å²) in [6, 6.07) is 7.85. The van der Waals surface area contributed by atoms with Gasteiger partial charge < -0.3 is 15.2 Å². The van der Waals surface area contributed by atoms with Crippen molar-refractivity contribution in [3.63, 3.8) is 0 Å². The number of ether oxygens (including phenoxy) is 1. The summed E-state index contributed by atoms with van der Waals surface area (Å²) in [5.41, 5.74) is 0.550. The van der Waals surface area contributed by atoms with Gasteiger partial charge in [0.1, 0.15) is 0 Å². The van der Waals surface area contributed by atoms with Crippen molar-refractivity contribution in [1.82, 2.24) is 0 Å². The Morgan fingerprint density at radius 2 is 2.06 bits per heavy atom. The fourth-order valence-corrected chi connectivity index (χ4v) is 1.72. The Hall–Kier alpha value is -1.55. The van der Waals surface area contributed by atoms with E-state index in [-0.39, 0.29) is 6.54 Å². The van der Waals surface area contributed by atoms with Crippen molar-refractivity contribution in [1.29, 1.82) is 0 Å². The lowest BCUT2D eigenvalue weighted by molar-refractivity contribution is -0.158. The number of aliphatic hydroxyl groups is 1. The summed E-state index contributed by atoms with van der Waals surface area (Å²) < 4.78 is 4.55. The third kappa shape index (κ3) is 3.47. The Balaban J connectivity index is 2.78. The van der Waals surface area contributed by atoms with Crippen LogP contribution in [0, 0.1) is 0 Å². The maximum Gasteiger partial charge on any atom is 0.339 e. The lowest BCUT2D eigenvalue weighted by Gasteiger charge is -2.22. The van der Waals surface area contributed by atoms with Gasteiger partial charge >= 0.3 is 5.97 Å². The van der Waals surface area contributed by atoms with Crippen molar-refractivity contribution in [3.05, 3.63) is 29.8 Å². The van der Waals surface area contributed by atoms with Crippen LogP contribution in [-0.2, 0) is 9.53 Å². The Kier molecular flexibility index (Phi) is 4.73. The molecule has 0 amide bonds. The monoisotopic (exact) mass is 251 g/mol. The van der Waals surface area contributed by atoms with E-state index in [4.69, 9.17) is 0 Å². The highest BCUT2D eigenvalue weighted by Gasteiger charge is 2.31. The van der Waals surface area contributed by atoms with Gasteiger partial charge in [-0.25, -0.2) is 4.79 Å². The maximum absolute atomic E-state index is 11.4. The van der Waals surface area contributed by atoms with Crippen LogP contribution in [0.15, 0.2) is 24.3 Å². The molecule has 4 nitrogen and oxygen atoms in total. The predicted molar refractivity (Wildman–Crippen MR) is 71.7 cm³/mol. The number of para-hydroxylation sites is 1. The van der Waals surface area contributed by atoms with Crippen molar-refractivity contribution in [2.24, 2.45) is 0 Å². The van der Waals surface area contributed by atoms with E-state index in [1.165, 1.54) is 14.0 Å². The van der Waals surface area contributed by atoms with Crippen LogP contribution in [0.1, 0.15) is 32.3 Å². The summed E-state index contributed by atoms with van der Waals surface area (Å²) in [4.78, 5) is 11.4. The molecule has 0 heterocycles. The molecule has 0 fully saturated rings. The molecule has 0 aliphatic carbocycles. The number of hydrogen-bond donors (Lipinski definition) is 2. The molecule has 1 unspecified atom stereocenters. The summed E-state index contributed by atoms with van der Waals surface area (Å²) in [7, 11) is 1.26. The standard InChI is InChI=1S/C14H21NO3/c1-10(2)11-7-5-6-8-12(11)15-9-14(3,17)13(16)18-4/h5-8,10,15,17H,9H2,1-4H3. The first-order valence-corrected chi connectivity index (χ1v) is 6.02. The number of hydrogen-bond acceptors (Lipinski definition) is 4. The summed E-state index contributed by atoms with van der Waals surface area (Å²) in [5, 5.41) is 13.0. The van der Waals surface area contributed by atoms with Crippen LogP contribution in [0.3, 0.4) is 0 Å². The number of methoxy groups -OCH3 is 1. The molecule has 1 rings (SSSR count). The van der Waals surface area contributed by atoms with Gasteiger partial charge in [0.05, 0.1) is 13.7 Å². The molecular formula is C14H21NO3. The van der Waals surface area contributed by atoms with Crippen molar-refractivity contribution < 1.29 is 14.6 Å². The van der Waals surface area contributed by atoms with Crippen molar-refractivity contribution in [2.75, 3.05) is 19.0 Å². The summed E-state index contributed by atoms with van der Waals surface area (Å²) >= 11 is 0. The molecule has 18 heavy (non-hydrogen) atoms. The molecule has 4 heteroatoms. The van der Waals surface area contributed by atoms with E-state index in [9.17, 15) is 9.90 Å². The van der Waals surface area contributed by atoms with Crippen molar-refractivity contribution in [2.45, 2.75) is 32.3 Å². The van der Waals surface area contributed by atoms with Crippen molar-refractivity contribution >= 4 is 11.7 Å².